The van der Waals surface area contributed by atoms with E-state index in [1.54, 1.807) is 0 Å². The second-order valence-corrected chi connectivity index (χ2v) is 6.50. The Hall–Kier alpha value is -1.55. The first kappa shape index (κ1) is 17.8. The minimum atomic E-state index is -0.0466. The third kappa shape index (κ3) is 5.54. The van der Waals surface area contributed by atoms with Crippen LogP contribution in [0.1, 0.15) is 37.1 Å². The van der Waals surface area contributed by atoms with Gasteiger partial charge in [0.25, 0.3) is 5.91 Å². The van der Waals surface area contributed by atoms with Gasteiger partial charge in [0.05, 0.1) is 6.04 Å². The Balaban J connectivity index is 1.83. The average Bonchev–Trinajstić information content (AvgIpc) is 2.53. The van der Waals surface area contributed by atoms with Crippen molar-refractivity contribution in [1.29, 1.82) is 0 Å². The van der Waals surface area contributed by atoms with Crippen molar-refractivity contribution < 1.29 is 10.1 Å². The number of carbonyl (C=O) groups excluding carboxylic acids is 1. The fourth-order valence-corrected chi connectivity index (χ4v) is 2.67. The number of hydrogen-bond acceptors (Lipinski definition) is 1. The molecule has 0 saturated carbocycles. The van der Waals surface area contributed by atoms with Crippen LogP contribution in [0.4, 0.5) is 0 Å². The standard InChI is InChI=1S/C18H20Cl2N2O/c1-12(15-4-3-5-17(20)10-15)21-11-18(23)22-13(2)14-6-8-16(19)9-7-14/h3-10,12-13,21H,11H2,1-2H3,(H,22,23)/p+1/t12-,13+/m0/s1. The van der Waals surface area contributed by atoms with Gasteiger partial charge in [-0.1, -0.05) is 47.5 Å². The predicted octanol–water partition coefficient (Wildman–Crippen LogP) is 3.50. The van der Waals surface area contributed by atoms with Crippen molar-refractivity contribution in [3.8, 4) is 0 Å². The van der Waals surface area contributed by atoms with Crippen LogP contribution >= 0.6 is 23.2 Å². The highest BCUT2D eigenvalue weighted by Gasteiger charge is 2.14. The number of quaternary nitrogens is 1. The van der Waals surface area contributed by atoms with Crippen LogP contribution in [0.15, 0.2) is 48.5 Å². The van der Waals surface area contributed by atoms with Gasteiger partial charge in [-0.2, -0.15) is 0 Å². The molecule has 5 heteroatoms. The maximum absolute atomic E-state index is 12.1. The molecule has 0 aromatic heterocycles. The number of amides is 1. The maximum atomic E-state index is 12.1. The lowest BCUT2D eigenvalue weighted by molar-refractivity contribution is -0.682. The fraction of sp³-hybridized carbons (Fsp3) is 0.278. The number of carbonyl (C=O) groups is 1. The van der Waals surface area contributed by atoms with E-state index < -0.39 is 0 Å². The molecule has 2 atom stereocenters. The van der Waals surface area contributed by atoms with Crippen molar-refractivity contribution in [2.75, 3.05) is 6.54 Å². The number of benzene rings is 2. The monoisotopic (exact) mass is 351 g/mol. The molecule has 3 nitrogen and oxygen atoms in total. The molecule has 0 fully saturated rings. The Morgan fingerprint density at radius 3 is 2.39 bits per heavy atom. The summed E-state index contributed by atoms with van der Waals surface area (Å²) in [6.45, 7) is 4.38. The molecular weight excluding hydrogens is 331 g/mol. The van der Waals surface area contributed by atoms with Crippen molar-refractivity contribution in [3.63, 3.8) is 0 Å². The molecule has 2 aromatic rings. The topological polar surface area (TPSA) is 45.7 Å². The third-order valence-electron chi connectivity index (χ3n) is 3.78. The zero-order chi connectivity index (χ0) is 16.8. The van der Waals surface area contributed by atoms with Crippen LogP contribution in [0.5, 0.6) is 0 Å². The smallest absolute Gasteiger partial charge is 0.275 e. The number of nitrogens with two attached hydrogens (primary N) is 1. The second-order valence-electron chi connectivity index (χ2n) is 5.62. The van der Waals surface area contributed by atoms with Crippen LogP contribution in [0, 0.1) is 0 Å². The normalized spacial score (nSPS) is 13.4. The minimum Gasteiger partial charge on any atom is -0.345 e. The molecule has 0 spiro atoms. The summed E-state index contributed by atoms with van der Waals surface area (Å²) < 4.78 is 0. The van der Waals surface area contributed by atoms with Crippen LogP contribution in [-0.2, 0) is 4.79 Å². The number of nitrogens with one attached hydrogen (secondary N) is 1. The molecular formula is C18H21Cl2N2O+. The lowest BCUT2D eigenvalue weighted by Gasteiger charge is -2.15. The molecule has 3 N–H and O–H groups in total. The van der Waals surface area contributed by atoms with Crippen LogP contribution in [-0.4, -0.2) is 12.5 Å². The molecule has 2 rings (SSSR count). The van der Waals surface area contributed by atoms with Gasteiger partial charge in [0, 0.05) is 15.6 Å². The average molecular weight is 352 g/mol. The van der Waals surface area contributed by atoms with E-state index >= 15 is 0 Å². The molecule has 23 heavy (non-hydrogen) atoms. The summed E-state index contributed by atoms with van der Waals surface area (Å²) in [4.78, 5) is 12.1. The van der Waals surface area contributed by atoms with E-state index in [2.05, 4.69) is 12.2 Å². The Labute approximate surface area is 147 Å². The molecule has 2 aromatic carbocycles. The summed E-state index contributed by atoms with van der Waals surface area (Å²) in [5, 5.41) is 6.39. The molecule has 0 aliphatic rings. The van der Waals surface area contributed by atoms with Gasteiger partial charge in [-0.15, -0.1) is 0 Å². The predicted molar refractivity (Wildman–Crippen MR) is 94.7 cm³/mol. The summed E-state index contributed by atoms with van der Waals surface area (Å²) in [6.07, 6.45) is 0. The maximum Gasteiger partial charge on any atom is 0.275 e. The quantitative estimate of drug-likeness (QED) is 0.821. The van der Waals surface area contributed by atoms with Crippen LogP contribution in [0.25, 0.3) is 0 Å². The van der Waals surface area contributed by atoms with E-state index in [0.29, 0.717) is 16.6 Å². The molecule has 0 radical (unpaired) electrons. The lowest BCUT2D eigenvalue weighted by Crippen LogP contribution is -2.87. The van der Waals surface area contributed by atoms with Gasteiger partial charge in [-0.3, -0.25) is 4.79 Å². The Morgan fingerprint density at radius 2 is 1.74 bits per heavy atom. The number of halogens is 2. The molecule has 1 amide bonds. The Bertz CT molecular complexity index is 658. The second kappa shape index (κ2) is 8.34. The first-order valence-corrected chi connectivity index (χ1v) is 8.35. The summed E-state index contributed by atoms with van der Waals surface area (Å²) in [7, 11) is 0. The SMILES string of the molecule is C[C@H]([NH2+]CC(=O)N[C@H](C)c1ccc(Cl)cc1)c1cccc(Cl)c1. The van der Waals surface area contributed by atoms with Gasteiger partial charge in [0.1, 0.15) is 6.04 Å². The van der Waals surface area contributed by atoms with Crippen molar-refractivity contribution in [3.05, 3.63) is 69.7 Å². The van der Waals surface area contributed by atoms with Crippen LogP contribution < -0.4 is 10.6 Å². The first-order valence-electron chi connectivity index (χ1n) is 7.59. The zero-order valence-electron chi connectivity index (χ0n) is 13.2. The zero-order valence-corrected chi connectivity index (χ0v) is 14.7. The molecule has 0 unspecified atom stereocenters. The van der Waals surface area contributed by atoms with Gasteiger partial charge < -0.3 is 10.6 Å². The van der Waals surface area contributed by atoms with E-state index in [9.17, 15) is 4.79 Å². The third-order valence-corrected chi connectivity index (χ3v) is 4.27. The minimum absolute atomic E-state index is 0.00123. The van der Waals surface area contributed by atoms with Crippen molar-refractivity contribution in [1.82, 2.24) is 5.32 Å². The highest BCUT2D eigenvalue weighted by Crippen LogP contribution is 2.16. The largest absolute Gasteiger partial charge is 0.345 e. The summed E-state index contributed by atoms with van der Waals surface area (Å²) >= 11 is 11.9. The van der Waals surface area contributed by atoms with Crippen LogP contribution in [0.3, 0.4) is 0 Å². The van der Waals surface area contributed by atoms with Gasteiger partial charge in [0.15, 0.2) is 6.54 Å². The van der Waals surface area contributed by atoms with E-state index in [-0.39, 0.29) is 18.0 Å². The van der Waals surface area contributed by atoms with Crippen molar-refractivity contribution in [2.24, 2.45) is 0 Å². The molecule has 0 aliphatic carbocycles. The molecule has 122 valence electrons. The first-order chi connectivity index (χ1) is 11.0. The highest BCUT2D eigenvalue weighted by molar-refractivity contribution is 6.30. The van der Waals surface area contributed by atoms with Crippen molar-refractivity contribution >= 4 is 29.1 Å². The van der Waals surface area contributed by atoms with E-state index in [0.717, 1.165) is 11.1 Å². The van der Waals surface area contributed by atoms with E-state index in [4.69, 9.17) is 23.2 Å². The Morgan fingerprint density at radius 1 is 1.04 bits per heavy atom. The van der Waals surface area contributed by atoms with E-state index in [1.165, 1.54) is 0 Å². The van der Waals surface area contributed by atoms with Crippen LogP contribution in [0.2, 0.25) is 10.0 Å². The number of rotatable bonds is 6. The van der Waals surface area contributed by atoms with Gasteiger partial charge in [0.2, 0.25) is 0 Å². The van der Waals surface area contributed by atoms with Gasteiger partial charge in [-0.25, -0.2) is 0 Å². The lowest BCUT2D eigenvalue weighted by atomic mass is 10.1. The van der Waals surface area contributed by atoms with Gasteiger partial charge >= 0.3 is 0 Å². The summed E-state index contributed by atoms with van der Waals surface area (Å²) in [5.41, 5.74) is 2.14. The molecule has 0 aliphatic heterocycles. The highest BCUT2D eigenvalue weighted by atomic mass is 35.5. The molecule has 0 bridgehead atoms. The summed E-state index contributed by atoms with van der Waals surface area (Å²) in [5.74, 6) is 0.00123. The molecule has 0 heterocycles. The fourth-order valence-electron chi connectivity index (χ4n) is 2.34. The number of hydrogen-bond donors (Lipinski definition) is 2. The Kier molecular flexibility index (Phi) is 6.46. The van der Waals surface area contributed by atoms with E-state index in [1.807, 2.05) is 60.8 Å². The van der Waals surface area contributed by atoms with Crippen molar-refractivity contribution in [2.45, 2.75) is 25.9 Å². The van der Waals surface area contributed by atoms with Gasteiger partial charge in [-0.05, 0) is 43.7 Å². The molecule has 0 saturated heterocycles. The summed E-state index contributed by atoms with van der Waals surface area (Å²) in [6, 6.07) is 15.3.